The summed E-state index contributed by atoms with van der Waals surface area (Å²) in [6.45, 7) is 0.405. The number of rotatable bonds is 4. The SMILES string of the molecule is O=COc1ccc(Sc2ccc(O)cc2)cc1. The zero-order valence-electron chi connectivity index (χ0n) is 8.87. The van der Waals surface area contributed by atoms with Gasteiger partial charge in [-0.2, -0.15) is 0 Å². The van der Waals surface area contributed by atoms with Crippen molar-refractivity contribution in [2.75, 3.05) is 0 Å². The largest absolute Gasteiger partial charge is 0.508 e. The van der Waals surface area contributed by atoms with Crippen molar-refractivity contribution < 1.29 is 14.6 Å². The van der Waals surface area contributed by atoms with Crippen LogP contribution in [-0.4, -0.2) is 11.6 Å². The predicted molar refractivity (Wildman–Crippen MR) is 65.4 cm³/mol. The van der Waals surface area contributed by atoms with E-state index < -0.39 is 0 Å². The van der Waals surface area contributed by atoms with Crippen LogP contribution in [0.4, 0.5) is 0 Å². The minimum atomic E-state index is 0.254. The molecular formula is C13H10O3S. The number of phenols is 1. The Kier molecular flexibility index (Phi) is 3.67. The second kappa shape index (κ2) is 5.41. The minimum Gasteiger partial charge on any atom is -0.508 e. The van der Waals surface area contributed by atoms with Gasteiger partial charge in [-0.3, -0.25) is 4.79 Å². The van der Waals surface area contributed by atoms with Gasteiger partial charge in [0.05, 0.1) is 0 Å². The predicted octanol–water partition coefficient (Wildman–Crippen LogP) is 3.08. The lowest BCUT2D eigenvalue weighted by atomic mass is 10.3. The number of aromatic hydroxyl groups is 1. The van der Waals surface area contributed by atoms with Crippen molar-refractivity contribution in [1.29, 1.82) is 0 Å². The van der Waals surface area contributed by atoms with Crippen LogP contribution in [0.1, 0.15) is 0 Å². The summed E-state index contributed by atoms with van der Waals surface area (Å²) in [5.41, 5.74) is 0. The second-order valence-corrected chi connectivity index (χ2v) is 4.43. The zero-order valence-corrected chi connectivity index (χ0v) is 9.68. The van der Waals surface area contributed by atoms with Gasteiger partial charge < -0.3 is 9.84 Å². The summed E-state index contributed by atoms with van der Waals surface area (Å²) in [5.74, 6) is 0.777. The van der Waals surface area contributed by atoms with Gasteiger partial charge in [0.2, 0.25) is 0 Å². The Morgan fingerprint density at radius 1 is 0.941 bits per heavy atom. The highest BCUT2D eigenvalue weighted by Gasteiger charge is 1.98. The first-order valence-electron chi connectivity index (χ1n) is 4.95. The normalized spacial score (nSPS) is 9.88. The molecule has 0 saturated heterocycles. The maximum atomic E-state index is 10.1. The Bertz CT molecular complexity index is 491. The number of phenolic OH excluding ortho intramolecular Hbond substituents is 1. The van der Waals surface area contributed by atoms with E-state index in [9.17, 15) is 4.79 Å². The van der Waals surface area contributed by atoms with Crippen molar-refractivity contribution >= 4 is 18.2 Å². The van der Waals surface area contributed by atoms with E-state index in [0.29, 0.717) is 12.2 Å². The molecule has 0 spiro atoms. The van der Waals surface area contributed by atoms with E-state index in [1.807, 2.05) is 24.3 Å². The molecule has 0 aliphatic carbocycles. The Morgan fingerprint density at radius 3 is 2.00 bits per heavy atom. The summed E-state index contributed by atoms with van der Waals surface area (Å²) in [6, 6.07) is 14.2. The van der Waals surface area contributed by atoms with Crippen molar-refractivity contribution in [3.63, 3.8) is 0 Å². The van der Waals surface area contributed by atoms with Crippen LogP contribution in [0.15, 0.2) is 58.3 Å². The van der Waals surface area contributed by atoms with Crippen LogP contribution in [0.2, 0.25) is 0 Å². The summed E-state index contributed by atoms with van der Waals surface area (Å²) in [5, 5.41) is 9.16. The van der Waals surface area contributed by atoms with E-state index >= 15 is 0 Å². The molecule has 2 rings (SSSR count). The van der Waals surface area contributed by atoms with Crippen LogP contribution in [0.25, 0.3) is 0 Å². The van der Waals surface area contributed by atoms with Gasteiger partial charge >= 0.3 is 0 Å². The van der Waals surface area contributed by atoms with Gasteiger partial charge in [-0.05, 0) is 48.5 Å². The Hall–Kier alpha value is -1.94. The van der Waals surface area contributed by atoms with Crippen molar-refractivity contribution in [1.82, 2.24) is 0 Å². The maximum Gasteiger partial charge on any atom is 0.298 e. The Morgan fingerprint density at radius 2 is 1.47 bits per heavy atom. The fourth-order valence-electron chi connectivity index (χ4n) is 1.29. The van der Waals surface area contributed by atoms with E-state index in [-0.39, 0.29) is 5.75 Å². The fraction of sp³-hybridized carbons (Fsp3) is 0. The highest BCUT2D eigenvalue weighted by atomic mass is 32.2. The van der Waals surface area contributed by atoms with Crippen LogP contribution >= 0.6 is 11.8 Å². The summed E-state index contributed by atoms with van der Waals surface area (Å²) in [6.07, 6.45) is 0. The van der Waals surface area contributed by atoms with Crippen LogP contribution in [0, 0.1) is 0 Å². The van der Waals surface area contributed by atoms with Crippen LogP contribution < -0.4 is 4.74 Å². The molecule has 2 aromatic carbocycles. The second-order valence-electron chi connectivity index (χ2n) is 3.28. The molecule has 0 unspecified atom stereocenters. The molecule has 0 fully saturated rings. The van der Waals surface area contributed by atoms with Gasteiger partial charge in [-0.15, -0.1) is 0 Å². The summed E-state index contributed by atoms with van der Waals surface area (Å²) >= 11 is 1.57. The molecule has 86 valence electrons. The quantitative estimate of drug-likeness (QED) is 0.842. The monoisotopic (exact) mass is 246 g/mol. The molecule has 0 amide bonds. The van der Waals surface area contributed by atoms with Crippen molar-refractivity contribution in [2.24, 2.45) is 0 Å². The van der Waals surface area contributed by atoms with E-state index in [1.54, 1.807) is 36.0 Å². The number of ether oxygens (including phenoxy) is 1. The van der Waals surface area contributed by atoms with Gasteiger partial charge in [-0.25, -0.2) is 0 Å². The van der Waals surface area contributed by atoms with Crippen molar-refractivity contribution in [3.05, 3.63) is 48.5 Å². The summed E-state index contributed by atoms with van der Waals surface area (Å²) in [7, 11) is 0. The maximum absolute atomic E-state index is 10.1. The molecule has 0 radical (unpaired) electrons. The minimum absolute atomic E-state index is 0.254. The van der Waals surface area contributed by atoms with E-state index in [0.717, 1.165) is 9.79 Å². The fourth-order valence-corrected chi connectivity index (χ4v) is 2.11. The van der Waals surface area contributed by atoms with E-state index in [2.05, 4.69) is 0 Å². The molecule has 4 heteroatoms. The molecule has 0 aliphatic heterocycles. The number of benzene rings is 2. The molecule has 1 N–H and O–H groups in total. The highest BCUT2D eigenvalue weighted by molar-refractivity contribution is 7.99. The molecular weight excluding hydrogens is 236 g/mol. The molecule has 3 nitrogen and oxygen atoms in total. The highest BCUT2D eigenvalue weighted by Crippen LogP contribution is 2.29. The molecule has 0 saturated carbocycles. The third kappa shape index (κ3) is 3.26. The summed E-state index contributed by atoms with van der Waals surface area (Å²) < 4.78 is 4.70. The first-order valence-corrected chi connectivity index (χ1v) is 5.77. The van der Waals surface area contributed by atoms with Gasteiger partial charge in [-0.1, -0.05) is 11.8 Å². The lowest BCUT2D eigenvalue weighted by molar-refractivity contribution is -0.120. The standard InChI is InChI=1S/C13H10O3S/c14-9-16-11-3-7-13(8-4-11)17-12-5-1-10(15)2-6-12/h1-9,15H. The smallest absolute Gasteiger partial charge is 0.298 e. The molecule has 0 aliphatic rings. The van der Waals surface area contributed by atoms with Crippen LogP contribution in [0.5, 0.6) is 11.5 Å². The van der Waals surface area contributed by atoms with Gasteiger partial charge in [0, 0.05) is 9.79 Å². The molecule has 17 heavy (non-hydrogen) atoms. The van der Waals surface area contributed by atoms with Crippen LogP contribution in [0.3, 0.4) is 0 Å². The third-order valence-electron chi connectivity index (χ3n) is 2.08. The summed E-state index contributed by atoms with van der Waals surface area (Å²) in [4.78, 5) is 12.2. The van der Waals surface area contributed by atoms with Crippen molar-refractivity contribution in [3.8, 4) is 11.5 Å². The van der Waals surface area contributed by atoms with Crippen LogP contribution in [-0.2, 0) is 4.79 Å². The first-order chi connectivity index (χ1) is 8.28. The van der Waals surface area contributed by atoms with Gasteiger partial charge in [0.1, 0.15) is 11.5 Å². The van der Waals surface area contributed by atoms with E-state index in [4.69, 9.17) is 9.84 Å². The first kappa shape index (κ1) is 11.5. The number of carbonyl (C=O) groups is 1. The van der Waals surface area contributed by atoms with Crippen molar-refractivity contribution in [2.45, 2.75) is 9.79 Å². The topological polar surface area (TPSA) is 46.5 Å². The molecule has 0 atom stereocenters. The average Bonchev–Trinajstić information content (AvgIpc) is 2.35. The molecule has 0 bridgehead atoms. The lowest BCUT2D eigenvalue weighted by Crippen LogP contribution is -1.87. The zero-order chi connectivity index (χ0) is 12.1. The molecule has 2 aromatic rings. The van der Waals surface area contributed by atoms with Gasteiger partial charge in [0.15, 0.2) is 0 Å². The van der Waals surface area contributed by atoms with E-state index in [1.165, 1.54) is 0 Å². The Balaban J connectivity index is 2.08. The van der Waals surface area contributed by atoms with Gasteiger partial charge in [0.25, 0.3) is 6.47 Å². The number of carbonyl (C=O) groups excluding carboxylic acids is 1. The molecule has 0 aromatic heterocycles. The third-order valence-corrected chi connectivity index (χ3v) is 3.10. The lowest BCUT2D eigenvalue weighted by Gasteiger charge is -2.03. The Labute approximate surface area is 103 Å². The number of hydrogen-bond donors (Lipinski definition) is 1. The average molecular weight is 246 g/mol. The number of hydrogen-bond acceptors (Lipinski definition) is 4. The molecule has 0 heterocycles.